The minimum absolute atomic E-state index is 0.0408. The molecule has 3 heterocycles. The molecule has 7 heteroatoms. The lowest BCUT2D eigenvalue weighted by Crippen LogP contribution is -2.40. The topological polar surface area (TPSA) is 91.0 Å². The number of hydrogen-bond donors (Lipinski definition) is 1. The van der Waals surface area contributed by atoms with E-state index in [0.29, 0.717) is 44.7 Å². The SMILES string of the molecule is Cc1ccnc(NC(=O)C2CCN(C(=O)/C=C/c3cn(CCC#N)c4ccccc34)CC2)c1. The van der Waals surface area contributed by atoms with Crippen molar-refractivity contribution in [3.05, 3.63) is 66.0 Å². The fourth-order valence-electron chi connectivity index (χ4n) is 4.22. The van der Waals surface area contributed by atoms with Crippen molar-refractivity contribution in [1.29, 1.82) is 5.26 Å². The van der Waals surface area contributed by atoms with Crippen molar-refractivity contribution in [3.8, 4) is 6.07 Å². The number of nitrogens with zero attached hydrogens (tertiary/aromatic N) is 4. The second-order valence-electron chi connectivity index (χ2n) is 8.34. The maximum Gasteiger partial charge on any atom is 0.246 e. The summed E-state index contributed by atoms with van der Waals surface area (Å²) >= 11 is 0. The van der Waals surface area contributed by atoms with Crippen LogP contribution in [0.5, 0.6) is 0 Å². The van der Waals surface area contributed by atoms with Gasteiger partial charge < -0.3 is 14.8 Å². The van der Waals surface area contributed by atoms with E-state index in [1.165, 1.54) is 0 Å². The molecule has 0 radical (unpaired) electrons. The second-order valence-corrected chi connectivity index (χ2v) is 8.34. The molecule has 1 aliphatic rings. The zero-order valence-corrected chi connectivity index (χ0v) is 18.7. The number of nitriles is 1. The molecular formula is C26H27N5O2. The van der Waals surface area contributed by atoms with Crippen LogP contribution in [0.3, 0.4) is 0 Å². The van der Waals surface area contributed by atoms with Crippen LogP contribution in [0, 0.1) is 24.2 Å². The van der Waals surface area contributed by atoms with Gasteiger partial charge in [0.1, 0.15) is 5.82 Å². The van der Waals surface area contributed by atoms with Gasteiger partial charge in [0, 0.05) is 60.5 Å². The Balaban J connectivity index is 1.36. The van der Waals surface area contributed by atoms with E-state index in [4.69, 9.17) is 5.26 Å². The summed E-state index contributed by atoms with van der Waals surface area (Å²) in [5.74, 6) is 0.345. The number of carbonyl (C=O) groups is 2. The Morgan fingerprint density at radius 3 is 2.79 bits per heavy atom. The average molecular weight is 442 g/mol. The number of piperidine rings is 1. The Hall–Kier alpha value is -3.92. The van der Waals surface area contributed by atoms with E-state index < -0.39 is 0 Å². The lowest BCUT2D eigenvalue weighted by Gasteiger charge is -2.30. The molecule has 2 amide bonds. The van der Waals surface area contributed by atoms with Crippen molar-refractivity contribution in [2.45, 2.75) is 32.7 Å². The molecule has 0 unspecified atom stereocenters. The molecule has 0 aliphatic carbocycles. The number of amides is 2. The van der Waals surface area contributed by atoms with E-state index in [1.54, 1.807) is 17.2 Å². The van der Waals surface area contributed by atoms with Crippen LogP contribution < -0.4 is 5.32 Å². The van der Waals surface area contributed by atoms with Gasteiger partial charge in [0.05, 0.1) is 12.5 Å². The van der Waals surface area contributed by atoms with Crippen molar-refractivity contribution in [3.63, 3.8) is 0 Å². The van der Waals surface area contributed by atoms with Crippen molar-refractivity contribution in [2.24, 2.45) is 5.92 Å². The summed E-state index contributed by atoms with van der Waals surface area (Å²) in [4.78, 5) is 31.3. The molecule has 1 fully saturated rings. The van der Waals surface area contributed by atoms with E-state index in [0.717, 1.165) is 22.0 Å². The highest BCUT2D eigenvalue weighted by atomic mass is 16.2. The smallest absolute Gasteiger partial charge is 0.246 e. The highest BCUT2D eigenvalue weighted by Crippen LogP contribution is 2.24. The normalized spacial score (nSPS) is 14.5. The number of pyridine rings is 1. The number of benzene rings is 1. The number of fused-ring (bicyclic) bond motifs is 1. The Bertz CT molecular complexity index is 1230. The summed E-state index contributed by atoms with van der Waals surface area (Å²) in [6.45, 7) is 3.67. The maximum atomic E-state index is 12.8. The minimum atomic E-state index is -0.126. The Labute approximate surface area is 193 Å². The molecule has 1 saturated heterocycles. The summed E-state index contributed by atoms with van der Waals surface area (Å²) in [6.07, 6.45) is 8.81. The molecule has 1 aliphatic heterocycles. The van der Waals surface area contributed by atoms with E-state index in [9.17, 15) is 9.59 Å². The van der Waals surface area contributed by atoms with Crippen LogP contribution in [0.4, 0.5) is 5.82 Å². The first-order valence-electron chi connectivity index (χ1n) is 11.2. The number of aromatic nitrogens is 2. The molecular weight excluding hydrogens is 414 g/mol. The molecule has 168 valence electrons. The van der Waals surface area contributed by atoms with E-state index in [1.807, 2.05) is 55.6 Å². The molecule has 0 bridgehead atoms. The lowest BCUT2D eigenvalue weighted by molar-refractivity contribution is -0.130. The third-order valence-electron chi connectivity index (χ3n) is 6.03. The minimum Gasteiger partial charge on any atom is -0.346 e. The highest BCUT2D eigenvalue weighted by molar-refractivity contribution is 5.97. The quantitative estimate of drug-likeness (QED) is 0.582. The van der Waals surface area contributed by atoms with Crippen LogP contribution in [0.1, 0.15) is 30.4 Å². The monoisotopic (exact) mass is 441 g/mol. The van der Waals surface area contributed by atoms with Crippen molar-refractivity contribution < 1.29 is 9.59 Å². The molecule has 1 aromatic carbocycles. The van der Waals surface area contributed by atoms with Crippen LogP contribution in [0.15, 0.2) is 54.9 Å². The zero-order valence-electron chi connectivity index (χ0n) is 18.7. The fraction of sp³-hybridized carbons (Fsp3) is 0.308. The number of para-hydroxylation sites is 1. The van der Waals surface area contributed by atoms with Gasteiger partial charge in [-0.05, 0) is 49.6 Å². The van der Waals surface area contributed by atoms with Crippen LogP contribution >= 0.6 is 0 Å². The van der Waals surface area contributed by atoms with Crippen molar-refractivity contribution >= 4 is 34.6 Å². The Morgan fingerprint density at radius 2 is 2.03 bits per heavy atom. The van der Waals surface area contributed by atoms with Gasteiger partial charge in [-0.25, -0.2) is 4.98 Å². The number of anilines is 1. The number of likely N-dealkylation sites (tertiary alicyclic amines) is 1. The third kappa shape index (κ3) is 5.29. The highest BCUT2D eigenvalue weighted by Gasteiger charge is 2.26. The van der Waals surface area contributed by atoms with Gasteiger partial charge in [0.25, 0.3) is 0 Å². The summed E-state index contributed by atoms with van der Waals surface area (Å²) in [6, 6.07) is 13.9. The Kier molecular flexibility index (Phi) is 6.84. The van der Waals surface area contributed by atoms with Crippen LogP contribution in [-0.2, 0) is 16.1 Å². The lowest BCUT2D eigenvalue weighted by atomic mass is 9.96. The summed E-state index contributed by atoms with van der Waals surface area (Å²) < 4.78 is 2.05. The van der Waals surface area contributed by atoms with Crippen LogP contribution in [0.2, 0.25) is 0 Å². The summed E-state index contributed by atoms with van der Waals surface area (Å²) in [5, 5.41) is 12.9. The van der Waals surface area contributed by atoms with E-state index in [2.05, 4.69) is 20.9 Å². The fourth-order valence-corrected chi connectivity index (χ4v) is 4.22. The third-order valence-corrected chi connectivity index (χ3v) is 6.03. The summed E-state index contributed by atoms with van der Waals surface area (Å²) in [5.41, 5.74) is 3.05. The molecule has 0 saturated carbocycles. The van der Waals surface area contributed by atoms with E-state index >= 15 is 0 Å². The van der Waals surface area contributed by atoms with Crippen LogP contribution in [0.25, 0.3) is 17.0 Å². The van der Waals surface area contributed by atoms with Crippen LogP contribution in [-0.4, -0.2) is 39.4 Å². The standard InChI is InChI=1S/C26H27N5O2/c1-19-9-13-28-24(17-19)29-26(33)20-10-15-30(16-11-20)25(32)8-7-21-18-31(14-4-12-27)23-6-3-2-5-22(21)23/h2-3,5-9,13,17-18,20H,4,10-11,14-16H2,1H3,(H,28,29,33)/b8-7+. The average Bonchev–Trinajstić information content (AvgIpc) is 3.19. The summed E-state index contributed by atoms with van der Waals surface area (Å²) in [7, 11) is 0. The first-order valence-corrected chi connectivity index (χ1v) is 11.2. The van der Waals surface area contributed by atoms with Gasteiger partial charge in [-0.3, -0.25) is 9.59 Å². The number of nitrogens with one attached hydrogen (secondary N) is 1. The van der Waals surface area contributed by atoms with Gasteiger partial charge in [-0.15, -0.1) is 0 Å². The van der Waals surface area contributed by atoms with Crippen molar-refractivity contribution in [2.75, 3.05) is 18.4 Å². The largest absolute Gasteiger partial charge is 0.346 e. The molecule has 3 aromatic rings. The molecule has 1 N–H and O–H groups in total. The van der Waals surface area contributed by atoms with Gasteiger partial charge in [-0.1, -0.05) is 18.2 Å². The van der Waals surface area contributed by atoms with Crippen molar-refractivity contribution in [1.82, 2.24) is 14.5 Å². The molecule has 0 spiro atoms. The zero-order chi connectivity index (χ0) is 23.2. The van der Waals surface area contributed by atoms with Gasteiger partial charge >= 0.3 is 0 Å². The predicted molar refractivity (Wildman–Crippen MR) is 128 cm³/mol. The molecule has 0 atom stereocenters. The number of carbonyl (C=O) groups excluding carboxylic acids is 2. The molecule has 2 aromatic heterocycles. The molecule has 4 rings (SSSR count). The number of hydrogen-bond acceptors (Lipinski definition) is 4. The van der Waals surface area contributed by atoms with Gasteiger partial charge in [0.2, 0.25) is 11.8 Å². The van der Waals surface area contributed by atoms with E-state index in [-0.39, 0.29) is 17.7 Å². The van der Waals surface area contributed by atoms with Gasteiger partial charge in [-0.2, -0.15) is 5.26 Å². The first kappa shape index (κ1) is 22.3. The number of rotatable bonds is 6. The number of aryl methyl sites for hydroxylation is 2. The Morgan fingerprint density at radius 1 is 1.24 bits per heavy atom. The predicted octanol–water partition coefficient (Wildman–Crippen LogP) is 4.15. The second kappa shape index (κ2) is 10.1. The maximum absolute atomic E-state index is 12.8. The first-order chi connectivity index (χ1) is 16.0. The van der Waals surface area contributed by atoms with Gasteiger partial charge in [0.15, 0.2) is 0 Å². The molecule has 33 heavy (non-hydrogen) atoms. The molecule has 7 nitrogen and oxygen atoms in total.